The molecule has 2 aliphatic rings. The predicted molar refractivity (Wildman–Crippen MR) is 123 cm³/mol. The number of nitrogens with one attached hydrogen (secondary N) is 1. The number of hydrogen-bond donors (Lipinski definition) is 1. The van der Waals surface area contributed by atoms with Crippen LogP contribution in [0.25, 0.3) is 0 Å². The van der Waals surface area contributed by atoms with Gasteiger partial charge in [-0.25, -0.2) is 0 Å². The highest BCUT2D eigenvalue weighted by atomic mass is 16.2. The van der Waals surface area contributed by atoms with Crippen molar-refractivity contribution in [2.45, 2.75) is 51.7 Å². The highest BCUT2D eigenvalue weighted by Gasteiger charge is 2.52. The summed E-state index contributed by atoms with van der Waals surface area (Å²) in [6, 6.07) is 15.8. The van der Waals surface area contributed by atoms with E-state index in [2.05, 4.69) is 5.32 Å². The summed E-state index contributed by atoms with van der Waals surface area (Å²) < 4.78 is 0. The van der Waals surface area contributed by atoms with Crippen LogP contribution < -0.4 is 5.32 Å². The zero-order valence-electron chi connectivity index (χ0n) is 19.0. The van der Waals surface area contributed by atoms with Crippen molar-refractivity contribution in [2.24, 2.45) is 5.92 Å². The highest BCUT2D eigenvalue weighted by Crippen LogP contribution is 2.34. The van der Waals surface area contributed by atoms with Crippen molar-refractivity contribution in [3.8, 4) is 0 Å². The molecule has 2 saturated heterocycles. The Morgan fingerprint density at radius 3 is 2.39 bits per heavy atom. The first kappa shape index (κ1) is 22.7. The second-order valence-electron chi connectivity index (χ2n) is 8.90. The van der Waals surface area contributed by atoms with E-state index in [0.717, 1.165) is 16.7 Å². The molecule has 1 N–H and O–H groups in total. The highest BCUT2D eigenvalue weighted by molar-refractivity contribution is 6.08. The summed E-state index contributed by atoms with van der Waals surface area (Å²) >= 11 is 0. The van der Waals surface area contributed by atoms with Gasteiger partial charge in [-0.05, 0) is 30.9 Å². The Morgan fingerprint density at radius 2 is 1.73 bits per heavy atom. The van der Waals surface area contributed by atoms with Gasteiger partial charge in [0, 0.05) is 13.5 Å². The molecular weight excluding hydrogens is 418 g/mol. The van der Waals surface area contributed by atoms with Gasteiger partial charge >= 0.3 is 0 Å². The minimum absolute atomic E-state index is 0.0337. The minimum Gasteiger partial charge on any atom is -0.349 e. The fraction of sp³-hybridized carbons (Fsp3) is 0.385. The molecule has 0 unspecified atom stereocenters. The molecule has 2 aromatic rings. The Bertz CT molecular complexity index is 1050. The van der Waals surface area contributed by atoms with Gasteiger partial charge in [0.05, 0.1) is 24.9 Å². The zero-order valence-corrected chi connectivity index (χ0v) is 19.0. The lowest BCUT2D eigenvalue weighted by molar-refractivity contribution is -0.145. The molecule has 2 fully saturated rings. The summed E-state index contributed by atoms with van der Waals surface area (Å²) in [5.74, 6) is -1.48. The first-order chi connectivity index (χ1) is 15.8. The fourth-order valence-electron chi connectivity index (χ4n) is 4.82. The SMILES string of the molecule is CC(=O)N[C@@H](CC(=O)N1CCC[C@H]2C(=O)N(Cc3ccccc3)C(=O)[C@H]21)c1ccc(C)cc1. The quantitative estimate of drug-likeness (QED) is 0.690. The standard InChI is InChI=1S/C26H29N3O4/c1-17-10-12-20(13-11-17)22(27-18(2)30)15-23(31)28-14-6-9-21-24(28)26(33)29(25(21)32)16-19-7-4-3-5-8-19/h3-5,7-8,10-13,21-22,24H,6,9,14-16H2,1-2H3,(H,27,30)/t21-,22+,24+/m1/s1. The first-order valence-electron chi connectivity index (χ1n) is 11.4. The van der Waals surface area contributed by atoms with Crippen LogP contribution in [0, 0.1) is 12.8 Å². The van der Waals surface area contributed by atoms with Gasteiger partial charge in [0.25, 0.3) is 5.91 Å². The van der Waals surface area contributed by atoms with Crippen molar-refractivity contribution >= 4 is 23.6 Å². The van der Waals surface area contributed by atoms with E-state index in [0.29, 0.717) is 19.4 Å². The molecule has 0 spiro atoms. The Morgan fingerprint density at radius 1 is 1.03 bits per heavy atom. The van der Waals surface area contributed by atoms with Gasteiger partial charge in [-0.2, -0.15) is 0 Å². The topological polar surface area (TPSA) is 86.8 Å². The van der Waals surface area contributed by atoms with E-state index >= 15 is 0 Å². The van der Waals surface area contributed by atoms with Gasteiger partial charge in [-0.3, -0.25) is 24.1 Å². The summed E-state index contributed by atoms with van der Waals surface area (Å²) in [7, 11) is 0. The Labute approximate surface area is 193 Å². The molecule has 0 aliphatic carbocycles. The molecule has 172 valence electrons. The average Bonchev–Trinajstić information content (AvgIpc) is 3.04. The molecule has 2 heterocycles. The van der Waals surface area contributed by atoms with Gasteiger partial charge in [0.15, 0.2) is 0 Å². The molecule has 2 aromatic carbocycles. The number of rotatable bonds is 6. The maximum atomic E-state index is 13.4. The molecule has 3 atom stereocenters. The van der Waals surface area contributed by atoms with E-state index in [-0.39, 0.29) is 36.6 Å². The number of fused-ring (bicyclic) bond motifs is 1. The molecule has 0 radical (unpaired) electrons. The predicted octanol–water partition coefficient (Wildman–Crippen LogP) is 2.74. The lowest BCUT2D eigenvalue weighted by Crippen LogP contribution is -2.51. The van der Waals surface area contributed by atoms with Gasteiger partial charge in [0.1, 0.15) is 6.04 Å². The third kappa shape index (κ3) is 4.82. The minimum atomic E-state index is -0.765. The molecular formula is C26H29N3O4. The summed E-state index contributed by atoms with van der Waals surface area (Å²) in [4.78, 5) is 54.4. The zero-order chi connectivity index (χ0) is 23.5. The van der Waals surface area contributed by atoms with Crippen LogP contribution >= 0.6 is 0 Å². The summed E-state index contributed by atoms with van der Waals surface area (Å²) in [6.45, 7) is 4.04. The van der Waals surface area contributed by atoms with Crippen molar-refractivity contribution in [2.75, 3.05) is 6.54 Å². The normalized spacial score (nSPS) is 21.0. The Balaban J connectivity index is 1.53. The number of benzene rings is 2. The summed E-state index contributed by atoms with van der Waals surface area (Å²) in [5, 5.41) is 2.86. The number of aryl methyl sites for hydroxylation is 1. The van der Waals surface area contributed by atoms with Crippen molar-refractivity contribution in [1.29, 1.82) is 0 Å². The van der Waals surface area contributed by atoms with Crippen molar-refractivity contribution < 1.29 is 19.2 Å². The van der Waals surface area contributed by atoms with Crippen LogP contribution in [-0.4, -0.2) is 46.0 Å². The lowest BCUT2D eigenvalue weighted by Gasteiger charge is -2.35. The summed E-state index contributed by atoms with van der Waals surface area (Å²) in [6.07, 6.45) is 1.30. The Kier molecular flexibility index (Phi) is 6.58. The lowest BCUT2D eigenvalue weighted by atomic mass is 9.90. The van der Waals surface area contributed by atoms with Crippen molar-refractivity contribution in [1.82, 2.24) is 15.1 Å². The third-order valence-corrected chi connectivity index (χ3v) is 6.47. The van der Waals surface area contributed by atoms with Crippen molar-refractivity contribution in [3.05, 3.63) is 71.3 Å². The Hall–Kier alpha value is -3.48. The molecule has 33 heavy (non-hydrogen) atoms. The molecule has 7 heteroatoms. The van der Waals surface area contributed by atoms with Crippen LogP contribution in [0.4, 0.5) is 0 Å². The molecule has 4 rings (SSSR count). The van der Waals surface area contributed by atoms with Crippen LogP contribution in [0.3, 0.4) is 0 Å². The number of likely N-dealkylation sites (tertiary alicyclic amines) is 2. The van der Waals surface area contributed by atoms with E-state index in [9.17, 15) is 19.2 Å². The summed E-state index contributed by atoms with van der Waals surface area (Å²) in [5.41, 5.74) is 2.79. The molecule has 0 aromatic heterocycles. The monoisotopic (exact) mass is 447 g/mol. The second kappa shape index (κ2) is 9.57. The van der Waals surface area contributed by atoms with Crippen LogP contribution in [0.15, 0.2) is 54.6 Å². The van der Waals surface area contributed by atoms with Gasteiger partial charge in [0.2, 0.25) is 17.7 Å². The molecule has 0 saturated carbocycles. The van der Waals surface area contributed by atoms with Gasteiger partial charge in [-0.15, -0.1) is 0 Å². The van der Waals surface area contributed by atoms with E-state index in [1.54, 1.807) is 4.90 Å². The van der Waals surface area contributed by atoms with Crippen LogP contribution in [0.1, 0.15) is 48.9 Å². The maximum absolute atomic E-state index is 13.4. The average molecular weight is 448 g/mol. The molecule has 7 nitrogen and oxygen atoms in total. The molecule has 4 amide bonds. The van der Waals surface area contributed by atoms with E-state index in [4.69, 9.17) is 0 Å². The number of carbonyl (C=O) groups is 4. The molecule has 2 aliphatic heterocycles. The number of hydrogen-bond acceptors (Lipinski definition) is 4. The van der Waals surface area contributed by atoms with Gasteiger partial charge in [-0.1, -0.05) is 60.2 Å². The van der Waals surface area contributed by atoms with Crippen LogP contribution in [0.2, 0.25) is 0 Å². The number of amides is 4. The number of imide groups is 1. The fourth-order valence-corrected chi connectivity index (χ4v) is 4.82. The second-order valence-corrected chi connectivity index (χ2v) is 8.90. The molecule has 0 bridgehead atoms. The van der Waals surface area contributed by atoms with Crippen LogP contribution in [-0.2, 0) is 25.7 Å². The maximum Gasteiger partial charge on any atom is 0.253 e. The van der Waals surface area contributed by atoms with Crippen LogP contribution in [0.5, 0.6) is 0 Å². The van der Waals surface area contributed by atoms with E-state index in [1.165, 1.54) is 11.8 Å². The third-order valence-electron chi connectivity index (χ3n) is 6.47. The number of piperidine rings is 1. The van der Waals surface area contributed by atoms with E-state index in [1.807, 2.05) is 61.5 Å². The van der Waals surface area contributed by atoms with E-state index < -0.39 is 18.0 Å². The van der Waals surface area contributed by atoms with Gasteiger partial charge < -0.3 is 10.2 Å². The largest absolute Gasteiger partial charge is 0.349 e. The smallest absolute Gasteiger partial charge is 0.253 e. The first-order valence-corrected chi connectivity index (χ1v) is 11.4. The number of carbonyl (C=O) groups excluding carboxylic acids is 4. The van der Waals surface area contributed by atoms with Crippen molar-refractivity contribution in [3.63, 3.8) is 0 Å². The number of nitrogens with zero attached hydrogens (tertiary/aromatic N) is 2.